The molecular weight excluding hydrogens is 180 g/mol. The molecule has 0 radical (unpaired) electrons. The van der Waals surface area contributed by atoms with E-state index in [-0.39, 0.29) is 6.42 Å². The van der Waals surface area contributed by atoms with Crippen molar-refractivity contribution in [3.05, 3.63) is 16.3 Å². The minimum Gasteiger partial charge on any atom is -0.358 e. The van der Waals surface area contributed by atoms with Gasteiger partial charge in [-0.2, -0.15) is 0 Å². The van der Waals surface area contributed by atoms with E-state index >= 15 is 0 Å². The lowest BCUT2D eigenvalue weighted by Gasteiger charge is -1.91. The van der Waals surface area contributed by atoms with Gasteiger partial charge in [-0.25, -0.2) is 4.79 Å². The fourth-order valence-electron chi connectivity index (χ4n) is 0.524. The summed E-state index contributed by atoms with van der Waals surface area (Å²) >= 11 is 0. The van der Waals surface area contributed by atoms with Crippen molar-refractivity contribution in [1.29, 1.82) is 0 Å². The monoisotopic (exact) mass is 186 g/mol. The zero-order valence-electron chi connectivity index (χ0n) is 6.71. The summed E-state index contributed by atoms with van der Waals surface area (Å²) in [5, 5.41) is 16.7. The van der Waals surface area contributed by atoms with Gasteiger partial charge >= 0.3 is 11.8 Å². The molecule has 0 aromatic carbocycles. The van der Waals surface area contributed by atoms with Crippen LogP contribution in [-0.4, -0.2) is 26.0 Å². The van der Waals surface area contributed by atoms with E-state index in [2.05, 4.69) is 15.0 Å². The predicted octanol–water partition coefficient (Wildman–Crippen LogP) is -0.449. The first kappa shape index (κ1) is 9.10. The number of rotatable bonds is 3. The van der Waals surface area contributed by atoms with E-state index in [9.17, 15) is 14.9 Å². The second kappa shape index (κ2) is 3.61. The molecule has 1 aromatic rings. The van der Waals surface area contributed by atoms with Crippen LogP contribution >= 0.6 is 0 Å². The maximum absolute atomic E-state index is 10.7. The van der Waals surface area contributed by atoms with Crippen LogP contribution in [0.25, 0.3) is 0 Å². The molecule has 0 aliphatic carbocycles. The normalized spacial score (nSPS) is 9.62. The highest BCUT2D eigenvalue weighted by Crippen LogP contribution is 2.00. The van der Waals surface area contributed by atoms with E-state index < -0.39 is 16.7 Å². The second-order valence-electron chi connectivity index (χ2n) is 2.03. The minimum atomic E-state index is -0.733. The first-order chi connectivity index (χ1) is 6.13. The Bertz CT molecular complexity index is 333. The maximum atomic E-state index is 10.7. The van der Waals surface area contributed by atoms with Crippen LogP contribution in [0.2, 0.25) is 0 Å². The van der Waals surface area contributed by atoms with Crippen molar-refractivity contribution < 1.29 is 14.6 Å². The van der Waals surface area contributed by atoms with Crippen molar-refractivity contribution in [3.63, 3.8) is 0 Å². The van der Waals surface area contributed by atoms with Crippen LogP contribution in [0.3, 0.4) is 0 Å². The highest BCUT2D eigenvalue weighted by atomic mass is 16.7. The molecule has 0 N–H and O–H groups in total. The average molecular weight is 186 g/mol. The molecule has 1 aromatic heterocycles. The van der Waals surface area contributed by atoms with Gasteiger partial charge in [0.2, 0.25) is 0 Å². The molecule has 0 aliphatic rings. The van der Waals surface area contributed by atoms with E-state index in [0.717, 1.165) is 6.20 Å². The van der Waals surface area contributed by atoms with Crippen LogP contribution in [0.4, 0.5) is 5.82 Å². The number of carbonyl (C=O) groups excluding carboxylic acids is 1. The third kappa shape index (κ3) is 2.22. The Kier molecular flexibility index (Phi) is 2.52. The fourth-order valence-corrected chi connectivity index (χ4v) is 0.524. The van der Waals surface area contributed by atoms with Gasteiger partial charge in [0.15, 0.2) is 6.20 Å². The van der Waals surface area contributed by atoms with Gasteiger partial charge in [0.25, 0.3) is 0 Å². The first-order valence-corrected chi connectivity index (χ1v) is 3.41. The summed E-state index contributed by atoms with van der Waals surface area (Å²) in [5.74, 6) is -1.03. The summed E-state index contributed by atoms with van der Waals surface area (Å²) < 4.78 is 0. The van der Waals surface area contributed by atoms with Crippen molar-refractivity contribution in [2.45, 2.75) is 13.3 Å². The Morgan fingerprint density at radius 2 is 2.54 bits per heavy atom. The van der Waals surface area contributed by atoms with Gasteiger partial charge in [0.05, 0.1) is 0 Å². The third-order valence-electron chi connectivity index (χ3n) is 1.12. The summed E-state index contributed by atoms with van der Waals surface area (Å²) in [4.78, 5) is 25.0. The lowest BCUT2D eigenvalue weighted by molar-refractivity contribution is -0.390. The topological polar surface area (TPSA) is 100 Å². The molecule has 0 atom stereocenters. The van der Waals surface area contributed by atoms with Crippen LogP contribution in [0.1, 0.15) is 13.3 Å². The number of aromatic nitrogens is 3. The molecule has 0 fully saturated rings. The van der Waals surface area contributed by atoms with Gasteiger partial charge in [0.1, 0.15) is 10.1 Å². The number of hydrogen-bond acceptors (Lipinski definition) is 6. The number of hydrogen-bond donors (Lipinski definition) is 0. The molecule has 8 nitrogen and oxygen atoms in total. The molecular formula is C5H6N4O4. The predicted molar refractivity (Wildman–Crippen MR) is 38.6 cm³/mol. The molecule has 1 heterocycles. The quantitative estimate of drug-likeness (QED) is 0.468. The van der Waals surface area contributed by atoms with E-state index in [1.54, 1.807) is 6.92 Å². The molecule has 70 valence electrons. The molecule has 0 amide bonds. The Hall–Kier alpha value is -1.99. The smallest absolute Gasteiger partial charge is 0.358 e. The van der Waals surface area contributed by atoms with E-state index in [0.29, 0.717) is 4.96 Å². The SMILES string of the molecule is CCC(=O)On1ncc([N+](=O)[O-])n1. The van der Waals surface area contributed by atoms with Gasteiger partial charge in [-0.3, -0.25) is 4.84 Å². The lowest BCUT2D eigenvalue weighted by atomic mass is 10.5. The summed E-state index contributed by atoms with van der Waals surface area (Å²) in [6.07, 6.45) is 1.04. The summed E-state index contributed by atoms with van der Waals surface area (Å²) in [6, 6.07) is 0. The van der Waals surface area contributed by atoms with Crippen LogP contribution in [0.15, 0.2) is 6.20 Å². The average Bonchev–Trinajstić information content (AvgIpc) is 2.52. The summed E-state index contributed by atoms with van der Waals surface area (Å²) in [7, 11) is 0. The molecule has 1 rings (SSSR count). The van der Waals surface area contributed by atoms with Gasteiger partial charge in [-0.05, 0) is 4.92 Å². The number of nitro groups is 1. The summed E-state index contributed by atoms with van der Waals surface area (Å²) in [6.45, 7) is 1.58. The van der Waals surface area contributed by atoms with Crippen molar-refractivity contribution in [1.82, 2.24) is 15.2 Å². The molecule has 0 aliphatic heterocycles. The zero-order chi connectivity index (χ0) is 9.84. The van der Waals surface area contributed by atoms with Crippen LogP contribution in [0, 0.1) is 10.1 Å². The lowest BCUT2D eigenvalue weighted by Crippen LogP contribution is -2.21. The largest absolute Gasteiger partial charge is 0.414 e. The molecule has 0 bridgehead atoms. The van der Waals surface area contributed by atoms with E-state index in [1.807, 2.05) is 0 Å². The molecule has 0 saturated carbocycles. The first-order valence-electron chi connectivity index (χ1n) is 3.41. The second-order valence-corrected chi connectivity index (χ2v) is 2.03. The fraction of sp³-hybridized carbons (Fsp3) is 0.400. The summed E-state index contributed by atoms with van der Waals surface area (Å²) in [5.41, 5.74) is 0. The van der Waals surface area contributed by atoms with Gasteiger partial charge in [0, 0.05) is 6.42 Å². The molecule has 0 spiro atoms. The van der Waals surface area contributed by atoms with Crippen molar-refractivity contribution in [3.8, 4) is 0 Å². The highest BCUT2D eigenvalue weighted by Gasteiger charge is 2.14. The van der Waals surface area contributed by atoms with E-state index in [4.69, 9.17) is 0 Å². The van der Waals surface area contributed by atoms with Crippen LogP contribution < -0.4 is 4.84 Å². The van der Waals surface area contributed by atoms with Crippen molar-refractivity contribution in [2.24, 2.45) is 0 Å². The molecule has 0 unspecified atom stereocenters. The molecule has 13 heavy (non-hydrogen) atoms. The highest BCUT2D eigenvalue weighted by molar-refractivity contribution is 5.68. The Balaban J connectivity index is 2.69. The molecule has 8 heteroatoms. The Morgan fingerprint density at radius 3 is 3.00 bits per heavy atom. The third-order valence-corrected chi connectivity index (χ3v) is 1.12. The van der Waals surface area contributed by atoms with Crippen molar-refractivity contribution >= 4 is 11.8 Å². The van der Waals surface area contributed by atoms with E-state index in [1.165, 1.54) is 0 Å². The van der Waals surface area contributed by atoms with Gasteiger partial charge in [-0.1, -0.05) is 12.0 Å². The molecule has 0 saturated heterocycles. The van der Waals surface area contributed by atoms with Crippen LogP contribution in [0.5, 0.6) is 0 Å². The van der Waals surface area contributed by atoms with Crippen LogP contribution in [-0.2, 0) is 4.79 Å². The maximum Gasteiger partial charge on any atom is 0.414 e. The van der Waals surface area contributed by atoms with Crippen molar-refractivity contribution in [2.75, 3.05) is 0 Å². The Labute approximate surface area is 72.2 Å². The van der Waals surface area contributed by atoms with Gasteiger partial charge < -0.3 is 10.1 Å². The minimum absolute atomic E-state index is 0.148. The Morgan fingerprint density at radius 1 is 1.85 bits per heavy atom. The number of carbonyl (C=O) groups is 1. The standard InChI is InChI=1S/C5H6N4O4/c1-2-5(10)13-9-6-3-4(7-9)8(11)12/h3H,2H2,1H3. The van der Waals surface area contributed by atoms with Gasteiger partial charge in [-0.15, -0.1) is 0 Å². The zero-order valence-corrected chi connectivity index (χ0v) is 6.71. The number of nitrogens with zero attached hydrogens (tertiary/aromatic N) is 4.